The Morgan fingerprint density at radius 3 is 2.26 bits per heavy atom. The van der Waals surface area contributed by atoms with E-state index in [1.165, 1.54) is 0 Å². The third kappa shape index (κ3) is 12.4. The van der Waals surface area contributed by atoms with Gasteiger partial charge in [-0.25, -0.2) is 4.79 Å². The van der Waals surface area contributed by atoms with Crippen LogP contribution in [0, 0.1) is 23.7 Å². The monoisotopic (exact) mass is 1010 g/mol. The molecule has 1 aromatic rings. The van der Waals surface area contributed by atoms with Crippen molar-refractivity contribution in [3.63, 3.8) is 0 Å². The summed E-state index contributed by atoms with van der Waals surface area (Å²) in [5.41, 5.74) is 0.511. The largest absolute Gasteiger partial charge is 0.478 e. The highest BCUT2D eigenvalue weighted by Gasteiger charge is 2.60. The van der Waals surface area contributed by atoms with Gasteiger partial charge in [-0.1, -0.05) is 88.8 Å². The molecule has 1 unspecified atom stereocenters. The summed E-state index contributed by atoms with van der Waals surface area (Å²) in [6, 6.07) is 8.34. The third-order valence-electron chi connectivity index (χ3n) is 15.9. The van der Waals surface area contributed by atoms with Crippen molar-refractivity contribution in [2.45, 2.75) is 191 Å². The molecule has 7 aliphatic rings. The summed E-state index contributed by atoms with van der Waals surface area (Å²) in [5.74, 6) is -3.39. The number of esters is 1. The molecule has 4 N–H and O–H groups in total. The molecule has 1 aromatic carbocycles. The molecule has 0 radical (unpaired) electrons. The molecular formula is C56H81NO15. The summed E-state index contributed by atoms with van der Waals surface area (Å²) in [6.45, 7) is 16.4. The van der Waals surface area contributed by atoms with Crippen molar-refractivity contribution in [2.24, 2.45) is 23.7 Å². The van der Waals surface area contributed by atoms with Gasteiger partial charge in [0.2, 0.25) is 0 Å². The molecule has 2 bridgehead atoms. The molecule has 1 aliphatic carbocycles. The fourth-order valence-electron chi connectivity index (χ4n) is 11.6. The summed E-state index contributed by atoms with van der Waals surface area (Å²) in [6.07, 6.45) is 10.7. The molecule has 6 aliphatic heterocycles. The van der Waals surface area contributed by atoms with Gasteiger partial charge in [-0.15, -0.1) is 0 Å². The number of carboxylic acids is 1. The van der Waals surface area contributed by atoms with Crippen LogP contribution < -0.4 is 5.32 Å². The lowest BCUT2D eigenvalue weighted by Crippen LogP contribution is -2.58. The summed E-state index contributed by atoms with van der Waals surface area (Å²) >= 11 is 0. The van der Waals surface area contributed by atoms with Gasteiger partial charge in [0.25, 0.3) is 0 Å². The van der Waals surface area contributed by atoms with Crippen LogP contribution in [0.2, 0.25) is 0 Å². The molecule has 0 amide bonds. The minimum absolute atomic E-state index is 0.0411. The van der Waals surface area contributed by atoms with Crippen LogP contribution in [0.5, 0.6) is 0 Å². The van der Waals surface area contributed by atoms with Gasteiger partial charge in [0.15, 0.2) is 18.4 Å². The molecule has 72 heavy (non-hydrogen) atoms. The highest BCUT2D eigenvalue weighted by atomic mass is 16.7. The second-order valence-corrected chi connectivity index (χ2v) is 21.0. The van der Waals surface area contributed by atoms with Crippen LogP contribution in [0.25, 0.3) is 0 Å². The number of hydrogen-bond donors (Lipinski definition) is 4. The molecule has 4 fully saturated rings. The zero-order valence-corrected chi connectivity index (χ0v) is 44.0. The molecule has 0 aromatic heterocycles. The van der Waals surface area contributed by atoms with Crippen molar-refractivity contribution >= 4 is 11.9 Å². The maximum absolute atomic E-state index is 14.4. The van der Waals surface area contributed by atoms with Gasteiger partial charge in [0.05, 0.1) is 60.9 Å². The lowest BCUT2D eigenvalue weighted by Gasteiger charge is -2.48. The number of rotatable bonds is 10. The fraction of sp³-hybridized carbons (Fsp3) is 0.679. The molecule has 1 spiro atoms. The first-order valence-electron chi connectivity index (χ1n) is 26.0. The minimum Gasteiger partial charge on any atom is -0.478 e. The van der Waals surface area contributed by atoms with E-state index in [0.29, 0.717) is 48.8 Å². The van der Waals surface area contributed by atoms with E-state index >= 15 is 0 Å². The van der Waals surface area contributed by atoms with E-state index in [1.807, 2.05) is 39.1 Å². The zero-order valence-electron chi connectivity index (χ0n) is 44.0. The van der Waals surface area contributed by atoms with Crippen LogP contribution in [0.4, 0.5) is 0 Å². The number of methoxy groups -OCH3 is 2. The first kappa shape index (κ1) is 56.1. The normalized spacial score (nSPS) is 43.6. The quantitative estimate of drug-likeness (QED) is 0.138. The Morgan fingerprint density at radius 2 is 1.60 bits per heavy atom. The number of hydrogen-bond acceptors (Lipinski definition) is 15. The molecule has 16 heteroatoms. The SMILES string of the molecule is CCC(C)[C@H]1O[C@]2(C=C[C@@H]1C)C[C@@H]1C[C@@H](C/C=C(\C)[C@@H](O[C@H]3C[C@H](OC)[C@@H](O[C@H]4C[C@H](OC)[C@H](NC)[C@H](C)O4)[C@H](C)O3)[C@@H](C)/C=C/C=C3\CO[C@@H]4[C@H](O)C(C)=C[C@@H](C(=O)O1)[C@]34O)O2.O=C(O)c1ccccc1. The standard InChI is InChI=1S/C49H75NO13.C7H6O2/c1-12-26(2)44-29(5)18-19-48(63-44)24-35-21-34(62-48)17-16-28(4)43(27(3)14-13-15-33-25-56-46-42(51)30(6)20-36(47(52)59-35)49(33,46)53)60-40-23-38(55-11)45(32(8)58-40)61-39-22-37(54-10)41(50-9)31(7)57-39;8-7(9)6-4-2-1-3-5-6/h13-16,18-20,26-27,29,31-32,34-46,50-51,53H,12,17,21-25H2,1-11H3;1-5H,(H,8,9)/b14-13+,28-16+,33-15+;/t26?,27-,29-,31-,32-,34+,35-,36-,37-,38-,39-,40-,41+,42+,43-,44+,45-,46+,48+,49+;/m0./s1. The molecule has 400 valence electrons. The number of aliphatic hydroxyl groups excluding tert-OH is 1. The first-order chi connectivity index (χ1) is 34.3. The first-order valence-corrected chi connectivity index (χ1v) is 26.0. The Labute approximate surface area is 426 Å². The number of fused-ring (bicyclic) bond motifs is 2. The van der Waals surface area contributed by atoms with Crippen LogP contribution >= 0.6 is 0 Å². The number of likely N-dealkylation sites (N-methyl/N-ethyl adjacent to an activating group) is 1. The third-order valence-corrected chi connectivity index (χ3v) is 15.9. The van der Waals surface area contributed by atoms with Gasteiger partial charge in [-0.3, -0.25) is 4.79 Å². The predicted molar refractivity (Wildman–Crippen MR) is 268 cm³/mol. The van der Waals surface area contributed by atoms with Gasteiger partial charge in [-0.05, 0) is 82.0 Å². The Balaban J connectivity index is 0.000000761. The topological polar surface area (TPSA) is 199 Å². The van der Waals surface area contributed by atoms with Crippen molar-refractivity contribution in [3.05, 3.63) is 95.1 Å². The summed E-state index contributed by atoms with van der Waals surface area (Å²) in [5, 5.41) is 35.4. The molecule has 16 nitrogen and oxygen atoms in total. The van der Waals surface area contributed by atoms with E-state index < -0.39 is 72.3 Å². The second kappa shape index (κ2) is 24.4. The number of carboxylic acid groups (broad SMARTS) is 1. The molecule has 8 rings (SSSR count). The Bertz CT molecular complexity index is 2140. The van der Waals surface area contributed by atoms with Crippen LogP contribution in [0.3, 0.4) is 0 Å². The van der Waals surface area contributed by atoms with Crippen molar-refractivity contribution in [3.8, 4) is 0 Å². The van der Waals surface area contributed by atoms with Crippen LogP contribution in [-0.2, 0) is 52.2 Å². The Morgan fingerprint density at radius 1 is 0.903 bits per heavy atom. The van der Waals surface area contributed by atoms with Gasteiger partial charge >= 0.3 is 11.9 Å². The number of benzene rings is 1. The van der Waals surface area contributed by atoms with Gasteiger partial charge in [0.1, 0.15) is 35.9 Å². The second-order valence-electron chi connectivity index (χ2n) is 21.0. The predicted octanol–water partition coefficient (Wildman–Crippen LogP) is 6.99. The van der Waals surface area contributed by atoms with E-state index in [9.17, 15) is 19.8 Å². The average Bonchev–Trinajstić information content (AvgIpc) is 3.70. The van der Waals surface area contributed by atoms with Crippen LogP contribution in [0.1, 0.15) is 104 Å². The smallest absolute Gasteiger partial charge is 0.335 e. The Hall–Kier alpha value is -3.62. The number of aromatic carboxylic acids is 1. The number of carbonyl (C=O) groups excluding carboxylic acids is 1. The van der Waals surface area contributed by atoms with Gasteiger partial charge < -0.3 is 68.0 Å². The molecule has 6 heterocycles. The summed E-state index contributed by atoms with van der Waals surface area (Å²) in [4.78, 5) is 24.6. The number of nitrogens with one attached hydrogen (secondary N) is 1. The van der Waals surface area contributed by atoms with Crippen molar-refractivity contribution in [2.75, 3.05) is 27.9 Å². The van der Waals surface area contributed by atoms with Crippen molar-refractivity contribution < 1.29 is 72.3 Å². The number of aliphatic hydroxyl groups is 2. The van der Waals surface area contributed by atoms with Crippen molar-refractivity contribution in [1.82, 2.24) is 5.32 Å². The highest BCUT2D eigenvalue weighted by Crippen LogP contribution is 2.47. The van der Waals surface area contributed by atoms with E-state index in [-0.39, 0.29) is 67.0 Å². The van der Waals surface area contributed by atoms with E-state index in [4.69, 9.17) is 52.5 Å². The lowest BCUT2D eigenvalue weighted by atomic mass is 9.71. The van der Waals surface area contributed by atoms with E-state index in [1.54, 1.807) is 63.6 Å². The lowest BCUT2D eigenvalue weighted by molar-refractivity contribution is -0.312. The van der Waals surface area contributed by atoms with Crippen LogP contribution in [-0.4, -0.2) is 152 Å². The summed E-state index contributed by atoms with van der Waals surface area (Å²) in [7, 11) is 5.30. The maximum atomic E-state index is 14.4. The van der Waals surface area contributed by atoms with Gasteiger partial charge in [0, 0.05) is 51.7 Å². The van der Waals surface area contributed by atoms with Crippen LogP contribution in [0.15, 0.2) is 89.6 Å². The van der Waals surface area contributed by atoms with Gasteiger partial charge in [-0.2, -0.15) is 0 Å². The number of carbonyl (C=O) groups is 2. The molecule has 4 saturated heterocycles. The molecule has 20 atom stereocenters. The number of allylic oxidation sites excluding steroid dienone is 2. The Kier molecular flexibility index (Phi) is 19.0. The summed E-state index contributed by atoms with van der Waals surface area (Å²) < 4.78 is 64.6. The maximum Gasteiger partial charge on any atom is 0.335 e. The molecule has 0 saturated carbocycles. The number of ether oxygens (including phenoxy) is 10. The van der Waals surface area contributed by atoms with E-state index in [0.717, 1.165) is 12.0 Å². The average molecular weight is 1010 g/mol. The van der Waals surface area contributed by atoms with Crippen molar-refractivity contribution in [1.29, 1.82) is 0 Å². The molecular weight excluding hydrogens is 927 g/mol. The zero-order chi connectivity index (χ0) is 52.1. The highest BCUT2D eigenvalue weighted by molar-refractivity contribution is 5.87. The van der Waals surface area contributed by atoms with E-state index in [2.05, 4.69) is 52.1 Å². The fourth-order valence-corrected chi connectivity index (χ4v) is 11.6. The minimum atomic E-state index is -1.83.